The van der Waals surface area contributed by atoms with Gasteiger partial charge >= 0.3 is 0 Å². The number of nitrogens with zero attached hydrogens (tertiary/aromatic N) is 13. The van der Waals surface area contributed by atoms with Crippen molar-refractivity contribution < 1.29 is 19.4 Å². The molecule has 96 heavy (non-hydrogen) atoms. The van der Waals surface area contributed by atoms with Crippen LogP contribution in [0.4, 0.5) is 0 Å². The molecule has 1 amide bonds. The Morgan fingerprint density at radius 2 is 0.885 bits per heavy atom. The van der Waals surface area contributed by atoms with Gasteiger partial charge in [-0.05, 0) is 231 Å². The van der Waals surface area contributed by atoms with Crippen LogP contribution < -0.4 is 5.32 Å². The second-order valence-corrected chi connectivity index (χ2v) is 39.1. The first-order valence-electron chi connectivity index (χ1n) is 38.8. The van der Waals surface area contributed by atoms with Gasteiger partial charge in [0.15, 0.2) is 5.88 Å². The van der Waals surface area contributed by atoms with Crippen LogP contribution in [0.2, 0.25) is 0 Å². The summed E-state index contributed by atoms with van der Waals surface area (Å²) in [7, 11) is 8.59. The van der Waals surface area contributed by atoms with Crippen LogP contribution in [0.25, 0.3) is 0 Å². The SMILES string of the molecule is C=C1NC2CC(CO1)N(C(C)(C)C)C2.CC(C)(C)N1CC2CC1CN2CCO.CCC(=O)N1CC2CC1CN2C(C)(C)C.CN1C2CCC1CN(C(C)(C)C)C2.CN1CC2CC1CN2C(C)(C)C.CN1CC2CCC(C1)N2C(C)(C)C.COCCN1CC2CC1CN2C(C)(C)C. The molecule has 0 spiro atoms. The molecule has 0 aliphatic carbocycles. The summed E-state index contributed by atoms with van der Waals surface area (Å²) >= 11 is 0. The number of fused-ring (bicyclic) bond motifs is 14. The van der Waals surface area contributed by atoms with Crippen molar-refractivity contribution in [2.24, 2.45) is 0 Å². The number of methoxy groups -OCH3 is 1. The number of nitrogens with one attached hydrogen (secondary N) is 1. The van der Waals surface area contributed by atoms with Gasteiger partial charge in [-0.2, -0.15) is 0 Å². The van der Waals surface area contributed by atoms with Crippen LogP contribution in [0.5, 0.6) is 0 Å². The molecular weight excluding hydrogens is 1200 g/mol. The van der Waals surface area contributed by atoms with Gasteiger partial charge in [0.2, 0.25) is 5.91 Å². The number of likely N-dealkylation sites (tertiary alicyclic amines) is 11. The summed E-state index contributed by atoms with van der Waals surface area (Å²) in [6.07, 6.45) is 12.7. The molecule has 0 aromatic heterocycles. The van der Waals surface area contributed by atoms with Crippen LogP contribution >= 0.6 is 0 Å². The van der Waals surface area contributed by atoms with E-state index in [-0.39, 0.29) is 11.1 Å². The molecule has 14 heterocycles. The van der Waals surface area contributed by atoms with Gasteiger partial charge in [-0.15, -0.1) is 0 Å². The Morgan fingerprint density at radius 1 is 0.469 bits per heavy atom. The second-order valence-electron chi connectivity index (χ2n) is 39.1. The van der Waals surface area contributed by atoms with Gasteiger partial charge < -0.3 is 34.6 Å². The molecule has 14 unspecified atom stereocenters. The summed E-state index contributed by atoms with van der Waals surface area (Å²) < 4.78 is 10.7. The molecule has 0 radical (unpaired) electrons. The Morgan fingerprint density at radius 3 is 1.26 bits per heavy atom. The Kier molecular flexibility index (Phi) is 26.4. The zero-order valence-corrected chi connectivity index (χ0v) is 67.1. The maximum Gasteiger partial charge on any atom is 0.222 e. The van der Waals surface area contributed by atoms with Crippen molar-refractivity contribution in [1.82, 2.24) is 69.0 Å². The van der Waals surface area contributed by atoms with Gasteiger partial charge in [0.25, 0.3) is 0 Å². The number of hydrogen-bond donors (Lipinski definition) is 2. The van der Waals surface area contributed by atoms with E-state index in [0.29, 0.717) is 76.8 Å². The topological polar surface area (TPSA) is 110 Å². The number of amides is 1. The highest BCUT2D eigenvalue weighted by Crippen LogP contribution is 2.41. The number of carbonyl (C=O) groups excluding carboxylic acids is 1. The van der Waals surface area contributed by atoms with Gasteiger partial charge in [-0.1, -0.05) is 6.92 Å². The number of carbonyl (C=O) groups is 1. The molecule has 18 nitrogen and oxygen atoms in total. The van der Waals surface area contributed by atoms with Crippen LogP contribution in [0.15, 0.2) is 12.5 Å². The van der Waals surface area contributed by atoms with E-state index in [9.17, 15) is 4.79 Å². The first-order valence-corrected chi connectivity index (χ1v) is 38.8. The number of likely N-dealkylation sites (N-methyl/N-ethyl adjacent to an activating group) is 3. The smallest absolute Gasteiger partial charge is 0.222 e. The van der Waals surface area contributed by atoms with Crippen molar-refractivity contribution in [2.45, 2.75) is 340 Å². The molecule has 14 rings (SSSR count). The summed E-state index contributed by atoms with van der Waals surface area (Å²) in [6, 6.07) is 10.1. The van der Waals surface area contributed by atoms with E-state index >= 15 is 0 Å². The second kappa shape index (κ2) is 31.7. The number of rotatable bonds is 6. The fourth-order valence-corrected chi connectivity index (χ4v) is 20.0. The van der Waals surface area contributed by atoms with Crippen molar-refractivity contribution in [2.75, 3.05) is 146 Å². The molecule has 558 valence electrons. The molecule has 14 aliphatic rings. The van der Waals surface area contributed by atoms with E-state index in [2.05, 4.69) is 242 Å². The van der Waals surface area contributed by atoms with Gasteiger partial charge in [-0.25, -0.2) is 0 Å². The van der Waals surface area contributed by atoms with Gasteiger partial charge in [0.1, 0.15) is 6.61 Å². The number of β-amino-alcohol motifs (C(OH)–C–C–N with tert-alkyl or cyclic N) is 1. The van der Waals surface area contributed by atoms with E-state index in [4.69, 9.17) is 14.6 Å². The van der Waals surface area contributed by atoms with Crippen LogP contribution in [-0.2, 0) is 14.3 Å². The van der Waals surface area contributed by atoms with Crippen LogP contribution in [0, 0.1) is 0 Å². The van der Waals surface area contributed by atoms with Crippen molar-refractivity contribution in [3.8, 4) is 0 Å². The number of aliphatic hydroxyl groups excluding tert-OH is 1. The van der Waals surface area contributed by atoms with E-state index in [1.807, 2.05) is 6.92 Å². The largest absolute Gasteiger partial charge is 0.478 e. The lowest BCUT2D eigenvalue weighted by Gasteiger charge is -2.47. The third kappa shape index (κ3) is 19.9. The van der Waals surface area contributed by atoms with Crippen molar-refractivity contribution in [3.05, 3.63) is 12.5 Å². The van der Waals surface area contributed by atoms with Crippen LogP contribution in [0.1, 0.15) is 217 Å². The van der Waals surface area contributed by atoms with Crippen molar-refractivity contribution >= 4 is 5.91 Å². The zero-order valence-electron chi connectivity index (χ0n) is 67.1. The molecule has 14 fully saturated rings. The molecule has 14 saturated heterocycles. The molecule has 0 aromatic rings. The van der Waals surface area contributed by atoms with E-state index in [0.717, 1.165) is 113 Å². The average Bonchev–Trinajstić information content (AvgIpc) is 1.64. The minimum Gasteiger partial charge on any atom is -0.478 e. The minimum atomic E-state index is 0.239. The van der Waals surface area contributed by atoms with Crippen molar-refractivity contribution in [3.63, 3.8) is 0 Å². The molecule has 0 saturated carbocycles. The number of aliphatic hydroxyl groups is 1. The molecule has 14 bridgehead atoms. The lowest BCUT2D eigenvalue weighted by molar-refractivity contribution is -0.133. The maximum absolute atomic E-state index is 11.7. The lowest BCUT2D eigenvalue weighted by Crippen LogP contribution is -2.58. The Hall–Kier alpha value is -1.75. The fourth-order valence-electron chi connectivity index (χ4n) is 20.0. The molecule has 18 heteroatoms. The van der Waals surface area contributed by atoms with Crippen LogP contribution in [-0.4, -0.2) is 344 Å². The summed E-state index contributed by atoms with van der Waals surface area (Å²) in [5.41, 5.74) is 2.25. The number of piperazine rings is 6. The van der Waals surface area contributed by atoms with Gasteiger partial charge in [0, 0.05) is 235 Å². The summed E-state index contributed by atoms with van der Waals surface area (Å²) in [5.74, 6) is 1.07. The first-order chi connectivity index (χ1) is 44.4. The normalized spacial score (nSPS) is 34.7. The highest BCUT2D eigenvalue weighted by Gasteiger charge is 2.51. The Balaban J connectivity index is 0.000000143. The molecular formula is C78H152N14O4. The minimum absolute atomic E-state index is 0.239. The van der Waals surface area contributed by atoms with E-state index in [1.54, 1.807) is 7.11 Å². The third-order valence-corrected chi connectivity index (χ3v) is 24.8. The van der Waals surface area contributed by atoms with Gasteiger partial charge in [0.05, 0.1) is 13.2 Å². The zero-order chi connectivity index (χ0) is 71.2. The lowest BCUT2D eigenvalue weighted by atomic mass is 10.0. The number of ether oxygens (including phenoxy) is 2. The monoisotopic (exact) mass is 1350 g/mol. The standard InChI is InChI=1S/C12H24N2O.C12H22N2O.C11H20N2O.C11H22N2O.2C11H22N2.C10H20N2/c1-12(2,3)14-9-10-7-11(14)8-13(10)5-6-15-4;1-5-11(15)13-7-10-6-9(13)8-14(10)12(2,3)4;1-8-12-9-5-10(7-14-8)13(6-9)11(2,3)4;1-11(2,3)13-8-9-6-10(13)7-12(9)4-5-14;1-11(2,3)13-7-9-5-6-10(8-13)12(9)4;1-11(2,3)13-9-5-6-10(13)8-12(4)7-9;1-10(2,3)12-7-8-5-9(12)6-11(8)4/h10-11H,5-9H2,1-4H3;9-10H,5-8H2,1-4H3;9-10,12H,1,5-7H2,2-4H3;9-10,14H,4-8H2,1-3H3;2*9-10H,5-8H2,1-4H3;8-9H,5-7H2,1-4H3. The van der Waals surface area contributed by atoms with Crippen molar-refractivity contribution in [1.29, 1.82) is 0 Å². The van der Waals surface area contributed by atoms with E-state index < -0.39 is 0 Å². The molecule has 2 N–H and O–H groups in total. The first kappa shape index (κ1) is 79.9. The predicted molar refractivity (Wildman–Crippen MR) is 400 cm³/mol. The predicted octanol–water partition coefficient (Wildman–Crippen LogP) is 8.82. The van der Waals surface area contributed by atoms with E-state index in [1.165, 1.54) is 117 Å². The Labute approximate surface area is 590 Å². The average molecular weight is 1350 g/mol. The molecule has 14 atom stereocenters. The summed E-state index contributed by atoms with van der Waals surface area (Å²) in [4.78, 5) is 44.8. The molecule has 14 aliphatic heterocycles. The summed E-state index contributed by atoms with van der Waals surface area (Å²) in [6.45, 7) is 73.8. The maximum atomic E-state index is 11.7. The molecule has 0 aromatic carbocycles. The number of hydrogen-bond acceptors (Lipinski definition) is 17. The fraction of sp³-hybridized carbons (Fsp3) is 0.962. The van der Waals surface area contributed by atoms with Crippen LogP contribution in [0.3, 0.4) is 0 Å². The summed E-state index contributed by atoms with van der Waals surface area (Å²) in [5, 5.41) is 12.2. The van der Waals surface area contributed by atoms with Gasteiger partial charge in [-0.3, -0.25) is 53.8 Å². The third-order valence-electron chi connectivity index (χ3n) is 24.8. The Bertz CT molecular complexity index is 2420. The highest BCUT2D eigenvalue weighted by atomic mass is 16.5. The quantitative estimate of drug-likeness (QED) is 0.264. The highest BCUT2D eigenvalue weighted by molar-refractivity contribution is 5.76.